The number of carbonyl (C=O) groups is 1. The second-order valence-electron chi connectivity index (χ2n) is 8.68. The first-order valence-electron chi connectivity index (χ1n) is 12.1. The lowest BCUT2D eigenvalue weighted by atomic mass is 10.1. The van der Waals surface area contributed by atoms with Gasteiger partial charge in [0.2, 0.25) is 5.95 Å². The van der Waals surface area contributed by atoms with Gasteiger partial charge in [-0.3, -0.25) is 9.48 Å². The third kappa shape index (κ3) is 5.63. The molecule has 1 atom stereocenters. The van der Waals surface area contributed by atoms with Crippen LogP contribution in [0.15, 0.2) is 24.4 Å². The summed E-state index contributed by atoms with van der Waals surface area (Å²) in [5.41, 5.74) is 8.78. The maximum atomic E-state index is 12.9. The van der Waals surface area contributed by atoms with Crippen LogP contribution in [0.25, 0.3) is 11.0 Å². The molecule has 1 aliphatic rings. The van der Waals surface area contributed by atoms with E-state index in [0.717, 1.165) is 37.0 Å². The standard InChI is InChI=1S/C24H34N8O3/c1-3-4-18(7-12-33)28-22-21-19(29-24(25)30-22)14-27-32(21)15-17-6-5-16(13-20(17)35-2)23(34)31-10-8-26-9-11-31/h5-6,13-14,18,26,33H,3-4,7-12,15H2,1-2H3,(H3,25,28,29,30)/t18-/m0/s1. The van der Waals surface area contributed by atoms with Gasteiger partial charge in [0.15, 0.2) is 5.82 Å². The highest BCUT2D eigenvalue weighted by Crippen LogP contribution is 2.27. The largest absolute Gasteiger partial charge is 0.496 e. The van der Waals surface area contributed by atoms with Gasteiger partial charge in [-0.2, -0.15) is 10.1 Å². The highest BCUT2D eigenvalue weighted by atomic mass is 16.5. The molecule has 1 saturated heterocycles. The number of aliphatic hydroxyl groups excluding tert-OH is 1. The number of ether oxygens (including phenoxy) is 1. The van der Waals surface area contributed by atoms with E-state index in [-0.39, 0.29) is 24.5 Å². The Balaban J connectivity index is 1.63. The number of aromatic nitrogens is 4. The maximum absolute atomic E-state index is 12.9. The van der Waals surface area contributed by atoms with E-state index < -0.39 is 0 Å². The molecule has 35 heavy (non-hydrogen) atoms. The monoisotopic (exact) mass is 482 g/mol. The number of carbonyl (C=O) groups excluding carboxylic acids is 1. The summed E-state index contributed by atoms with van der Waals surface area (Å²) >= 11 is 0. The van der Waals surface area contributed by atoms with Crippen molar-refractivity contribution in [1.82, 2.24) is 30.0 Å². The van der Waals surface area contributed by atoms with Crippen LogP contribution in [0.3, 0.4) is 0 Å². The SMILES string of the molecule is CCC[C@@H](CCO)Nc1nc(N)nc2cnn(Cc3ccc(C(=O)N4CCNCC4)cc3OC)c12. The van der Waals surface area contributed by atoms with E-state index >= 15 is 0 Å². The number of nitrogens with two attached hydrogens (primary N) is 1. The zero-order valence-corrected chi connectivity index (χ0v) is 20.3. The lowest BCUT2D eigenvalue weighted by Gasteiger charge is -2.27. The van der Waals surface area contributed by atoms with Gasteiger partial charge < -0.3 is 31.1 Å². The van der Waals surface area contributed by atoms with Crippen LogP contribution < -0.4 is 21.1 Å². The zero-order valence-electron chi connectivity index (χ0n) is 20.3. The van der Waals surface area contributed by atoms with Crippen LogP contribution in [0, 0.1) is 0 Å². The maximum Gasteiger partial charge on any atom is 0.254 e. The van der Waals surface area contributed by atoms with Gasteiger partial charge in [0.25, 0.3) is 5.91 Å². The Bertz CT molecular complexity index is 1150. The lowest BCUT2D eigenvalue weighted by Crippen LogP contribution is -2.46. The summed E-state index contributed by atoms with van der Waals surface area (Å²) in [6, 6.07) is 5.58. The summed E-state index contributed by atoms with van der Waals surface area (Å²) in [4.78, 5) is 23.6. The van der Waals surface area contributed by atoms with Crippen molar-refractivity contribution in [2.45, 2.75) is 38.8 Å². The number of nitrogen functional groups attached to an aromatic ring is 1. The molecule has 188 valence electrons. The molecule has 4 rings (SSSR count). The molecule has 0 aliphatic carbocycles. The first-order valence-corrected chi connectivity index (χ1v) is 12.1. The molecule has 5 N–H and O–H groups in total. The third-order valence-electron chi connectivity index (χ3n) is 6.22. The fraction of sp³-hybridized carbons (Fsp3) is 0.500. The minimum absolute atomic E-state index is 0.00194. The number of fused-ring (bicyclic) bond motifs is 1. The first kappa shape index (κ1) is 24.7. The van der Waals surface area contributed by atoms with Gasteiger partial charge in [0.05, 0.1) is 19.9 Å². The molecule has 2 aromatic heterocycles. The van der Waals surface area contributed by atoms with Crippen LogP contribution in [0.2, 0.25) is 0 Å². The summed E-state index contributed by atoms with van der Waals surface area (Å²) in [6.07, 6.45) is 4.12. The number of aliphatic hydroxyl groups is 1. The normalized spacial score (nSPS) is 14.8. The third-order valence-corrected chi connectivity index (χ3v) is 6.22. The number of hydrogen-bond donors (Lipinski definition) is 4. The van der Waals surface area contributed by atoms with Crippen molar-refractivity contribution >= 4 is 28.7 Å². The Morgan fingerprint density at radius 1 is 1.29 bits per heavy atom. The van der Waals surface area contributed by atoms with Crippen LogP contribution in [0.4, 0.5) is 11.8 Å². The summed E-state index contributed by atoms with van der Waals surface area (Å²) in [5, 5.41) is 20.7. The van der Waals surface area contributed by atoms with Crippen molar-refractivity contribution in [1.29, 1.82) is 0 Å². The van der Waals surface area contributed by atoms with Gasteiger partial charge in [-0.05, 0) is 25.0 Å². The minimum Gasteiger partial charge on any atom is -0.496 e. The number of methoxy groups -OCH3 is 1. The van der Waals surface area contributed by atoms with E-state index in [9.17, 15) is 9.90 Å². The Hall–Kier alpha value is -3.44. The molecule has 1 amide bonds. The number of nitrogens with one attached hydrogen (secondary N) is 2. The molecule has 0 unspecified atom stereocenters. The van der Waals surface area contributed by atoms with E-state index in [1.165, 1.54) is 0 Å². The topological polar surface area (TPSA) is 143 Å². The van der Waals surface area contributed by atoms with E-state index in [2.05, 4.69) is 32.6 Å². The number of benzene rings is 1. The Morgan fingerprint density at radius 3 is 2.80 bits per heavy atom. The number of anilines is 2. The first-order chi connectivity index (χ1) is 17.0. The van der Waals surface area contributed by atoms with E-state index in [1.54, 1.807) is 24.1 Å². The quantitative estimate of drug-likeness (QED) is 0.338. The Kier molecular flexibility index (Phi) is 7.98. The van der Waals surface area contributed by atoms with Crippen LogP contribution in [0.5, 0.6) is 5.75 Å². The predicted octanol–water partition coefficient (Wildman–Crippen LogP) is 1.47. The fourth-order valence-electron chi connectivity index (χ4n) is 4.44. The molecule has 3 heterocycles. The van der Waals surface area contributed by atoms with Crippen LogP contribution in [-0.4, -0.2) is 81.6 Å². The molecule has 0 spiro atoms. The number of nitrogens with zero attached hydrogens (tertiary/aromatic N) is 5. The number of piperazine rings is 1. The fourth-order valence-corrected chi connectivity index (χ4v) is 4.44. The van der Waals surface area contributed by atoms with Crippen molar-refractivity contribution < 1.29 is 14.6 Å². The van der Waals surface area contributed by atoms with Gasteiger partial charge in [-0.15, -0.1) is 0 Å². The van der Waals surface area contributed by atoms with Gasteiger partial charge in [0.1, 0.15) is 16.8 Å². The number of amides is 1. The smallest absolute Gasteiger partial charge is 0.254 e. The summed E-state index contributed by atoms with van der Waals surface area (Å²) < 4.78 is 7.44. The van der Waals surface area contributed by atoms with Gasteiger partial charge in [0, 0.05) is 50.0 Å². The lowest BCUT2D eigenvalue weighted by molar-refractivity contribution is 0.0735. The van der Waals surface area contributed by atoms with Gasteiger partial charge >= 0.3 is 0 Å². The highest BCUT2D eigenvalue weighted by Gasteiger charge is 2.21. The summed E-state index contributed by atoms with van der Waals surface area (Å²) in [5.74, 6) is 1.36. The molecule has 1 aromatic carbocycles. The Labute approximate surface area is 204 Å². The molecule has 0 saturated carbocycles. The molecule has 0 radical (unpaired) electrons. The van der Waals surface area contributed by atoms with Crippen molar-refractivity contribution in [2.75, 3.05) is 50.9 Å². The van der Waals surface area contributed by atoms with Crippen LogP contribution in [-0.2, 0) is 6.54 Å². The van der Waals surface area contributed by atoms with E-state index in [1.807, 2.05) is 17.0 Å². The Morgan fingerprint density at radius 2 is 2.09 bits per heavy atom. The number of hydrogen-bond acceptors (Lipinski definition) is 9. The molecular formula is C24H34N8O3. The molecule has 3 aromatic rings. The minimum atomic E-state index is 0.00194. The van der Waals surface area contributed by atoms with Gasteiger partial charge in [-0.25, -0.2) is 4.98 Å². The predicted molar refractivity (Wildman–Crippen MR) is 135 cm³/mol. The van der Waals surface area contributed by atoms with Crippen LogP contribution in [0.1, 0.15) is 42.1 Å². The summed E-state index contributed by atoms with van der Waals surface area (Å²) in [6.45, 7) is 5.56. The molecule has 1 aliphatic heterocycles. The van der Waals surface area contributed by atoms with E-state index in [0.29, 0.717) is 48.7 Å². The van der Waals surface area contributed by atoms with Crippen molar-refractivity contribution in [3.05, 3.63) is 35.5 Å². The zero-order chi connectivity index (χ0) is 24.8. The second-order valence-corrected chi connectivity index (χ2v) is 8.68. The molecule has 11 heteroatoms. The van der Waals surface area contributed by atoms with Crippen molar-refractivity contribution in [3.8, 4) is 5.75 Å². The second kappa shape index (κ2) is 11.3. The molecular weight excluding hydrogens is 448 g/mol. The van der Waals surface area contributed by atoms with Crippen molar-refractivity contribution in [3.63, 3.8) is 0 Å². The number of rotatable bonds is 10. The average Bonchev–Trinajstić information content (AvgIpc) is 3.27. The van der Waals surface area contributed by atoms with Crippen molar-refractivity contribution in [2.24, 2.45) is 0 Å². The molecule has 1 fully saturated rings. The average molecular weight is 483 g/mol. The van der Waals surface area contributed by atoms with Crippen LogP contribution >= 0.6 is 0 Å². The summed E-state index contributed by atoms with van der Waals surface area (Å²) in [7, 11) is 1.60. The van der Waals surface area contributed by atoms with Gasteiger partial charge in [-0.1, -0.05) is 19.4 Å². The molecule has 0 bridgehead atoms. The highest BCUT2D eigenvalue weighted by molar-refractivity contribution is 5.95. The van der Waals surface area contributed by atoms with E-state index in [4.69, 9.17) is 10.5 Å². The molecule has 11 nitrogen and oxygen atoms in total.